The Kier molecular flexibility index (Phi) is 9.84. The third kappa shape index (κ3) is 6.76. The number of rotatable bonds is 6. The van der Waals surface area contributed by atoms with Crippen molar-refractivity contribution in [3.05, 3.63) is 83.9 Å². The van der Waals surface area contributed by atoms with Crippen molar-refractivity contribution >= 4 is 5.91 Å². The fraction of sp³-hybridized carbons (Fsp3) is 0.269. The van der Waals surface area contributed by atoms with Gasteiger partial charge in [-0.25, -0.2) is 8.78 Å². The first kappa shape index (κ1) is 26.8. The fourth-order valence-electron chi connectivity index (χ4n) is 4.34. The predicted molar refractivity (Wildman–Crippen MR) is 118 cm³/mol. The van der Waals surface area contributed by atoms with Crippen LogP contribution in [0, 0.1) is 23.5 Å². The Labute approximate surface area is 205 Å². The number of nitrogens with one attached hydrogen (secondary N) is 1. The van der Waals surface area contributed by atoms with E-state index in [1.165, 1.54) is 30.7 Å². The summed E-state index contributed by atoms with van der Waals surface area (Å²) in [7, 11) is 0. The zero-order chi connectivity index (χ0) is 21.8. The van der Waals surface area contributed by atoms with E-state index in [1.54, 1.807) is 24.3 Å². The molecule has 0 radical (unpaired) electrons. The minimum atomic E-state index is -0.312. The van der Waals surface area contributed by atoms with Crippen LogP contribution in [0.15, 0.2) is 66.7 Å². The molecule has 33 heavy (non-hydrogen) atoms. The fourth-order valence-corrected chi connectivity index (χ4v) is 4.34. The molecule has 0 aromatic heterocycles. The molecule has 4 rings (SSSR count). The summed E-state index contributed by atoms with van der Waals surface area (Å²) in [6.45, 7) is 1.60. The molecule has 1 saturated carbocycles. The van der Waals surface area contributed by atoms with Crippen molar-refractivity contribution in [3.8, 4) is 22.3 Å². The minimum Gasteiger partial charge on any atom is -1.00 e. The molecule has 176 valence electrons. The van der Waals surface area contributed by atoms with Gasteiger partial charge in [0.1, 0.15) is 11.6 Å². The Bertz CT molecular complexity index is 995. The van der Waals surface area contributed by atoms with Gasteiger partial charge in [-0.2, -0.15) is 0 Å². The molecule has 0 bridgehead atoms. The van der Waals surface area contributed by atoms with E-state index in [1.807, 2.05) is 18.2 Å². The van der Waals surface area contributed by atoms with Gasteiger partial charge in [0.25, 0.3) is 5.91 Å². The molecule has 0 spiro atoms. The van der Waals surface area contributed by atoms with Crippen molar-refractivity contribution < 1.29 is 44.1 Å². The summed E-state index contributed by atoms with van der Waals surface area (Å²) in [5, 5.41) is 3.08. The van der Waals surface area contributed by atoms with Gasteiger partial charge in [0.15, 0.2) is 0 Å². The maximum atomic E-state index is 13.4. The molecule has 1 aliphatic carbocycles. The van der Waals surface area contributed by atoms with Gasteiger partial charge in [0.05, 0.1) is 6.54 Å². The average Bonchev–Trinajstić information content (AvgIpc) is 3.26. The third-order valence-corrected chi connectivity index (χ3v) is 6.16. The van der Waals surface area contributed by atoms with Crippen LogP contribution in [0.2, 0.25) is 0 Å². The first-order valence-corrected chi connectivity index (χ1v) is 10.8. The molecule has 4 N–H and O–H groups in total. The maximum Gasteiger partial charge on any atom is 0.251 e. The number of carbonyl (C=O) groups is 1. The lowest BCUT2D eigenvalue weighted by molar-refractivity contribution is -0.378. The molecule has 1 fully saturated rings. The molecule has 3 aromatic rings. The van der Waals surface area contributed by atoms with Gasteiger partial charge in [0.2, 0.25) is 0 Å². The second kappa shape index (κ2) is 12.1. The van der Waals surface area contributed by atoms with Gasteiger partial charge in [0, 0.05) is 18.0 Å². The second-order valence-electron chi connectivity index (χ2n) is 8.36. The van der Waals surface area contributed by atoms with Crippen LogP contribution in [0.4, 0.5) is 8.78 Å². The zero-order valence-corrected chi connectivity index (χ0v) is 19.7. The van der Waals surface area contributed by atoms with Crippen molar-refractivity contribution in [1.29, 1.82) is 0 Å². The van der Waals surface area contributed by atoms with E-state index in [0.29, 0.717) is 23.9 Å². The van der Waals surface area contributed by atoms with Crippen LogP contribution in [0.5, 0.6) is 0 Å². The molecule has 2 atom stereocenters. The van der Waals surface area contributed by atoms with Crippen molar-refractivity contribution in [3.63, 3.8) is 0 Å². The highest BCUT2D eigenvalue weighted by Gasteiger charge is 2.25. The first-order valence-electron chi connectivity index (χ1n) is 10.8. The Morgan fingerprint density at radius 3 is 1.73 bits per heavy atom. The highest BCUT2D eigenvalue weighted by atomic mass is 35.5. The monoisotopic (exact) mass is 491 g/mol. The summed E-state index contributed by atoms with van der Waals surface area (Å²) in [6, 6.07) is 18.0. The van der Waals surface area contributed by atoms with Crippen LogP contribution in [0.3, 0.4) is 0 Å². The second-order valence-corrected chi connectivity index (χ2v) is 8.36. The third-order valence-electron chi connectivity index (χ3n) is 6.16. The number of hydrogen-bond donors (Lipinski definition) is 2. The smallest absolute Gasteiger partial charge is 0.251 e. The molecule has 1 aliphatic rings. The molecule has 0 heterocycles. The van der Waals surface area contributed by atoms with Crippen LogP contribution in [-0.4, -0.2) is 19.0 Å². The lowest BCUT2D eigenvalue weighted by Gasteiger charge is -2.14. The minimum absolute atomic E-state index is 0. The lowest BCUT2D eigenvalue weighted by atomic mass is 9.95. The topological polar surface area (TPSA) is 56.7 Å². The van der Waals surface area contributed by atoms with E-state index < -0.39 is 0 Å². The molecule has 3 nitrogen and oxygen atoms in total. The number of carbonyl (C=O) groups excluding carboxylic acids is 1. The highest BCUT2D eigenvalue weighted by Crippen LogP contribution is 2.30. The average molecular weight is 492 g/mol. The zero-order valence-electron chi connectivity index (χ0n) is 18.2. The number of amides is 1. The van der Waals surface area contributed by atoms with Crippen LogP contribution in [-0.2, 0) is 0 Å². The number of hydrogen-bond acceptors (Lipinski definition) is 1. The summed E-state index contributed by atoms with van der Waals surface area (Å²) in [6.07, 6.45) is 3.41. The van der Waals surface area contributed by atoms with Crippen molar-refractivity contribution in [2.75, 3.05) is 13.1 Å². The summed E-state index contributed by atoms with van der Waals surface area (Å²) in [5.74, 6) is 0.397. The number of quaternary nitrogens is 1. The SMILES string of the molecule is [Cl-].[Cl-].[NH3+]C[C@H]1CC[C@H](CNC(=O)c2cc(-c3ccc(F)cc3)cc(-c3ccc(F)cc3)c2)C1. The molecule has 1 amide bonds. The molecule has 7 heteroatoms. The van der Waals surface area contributed by atoms with E-state index in [-0.39, 0.29) is 42.4 Å². The molecule has 0 unspecified atom stereocenters. The van der Waals surface area contributed by atoms with Gasteiger partial charge < -0.3 is 35.9 Å². The van der Waals surface area contributed by atoms with E-state index in [4.69, 9.17) is 0 Å². The molecular weight excluding hydrogens is 465 g/mol. The maximum absolute atomic E-state index is 13.4. The summed E-state index contributed by atoms with van der Waals surface area (Å²) in [4.78, 5) is 13.0. The Hall–Kier alpha value is -2.47. The van der Waals surface area contributed by atoms with Gasteiger partial charge >= 0.3 is 0 Å². The summed E-state index contributed by atoms with van der Waals surface area (Å²) >= 11 is 0. The molecular formula is C26H27Cl2F2N2O-. The Balaban J connectivity index is 0.00000193. The van der Waals surface area contributed by atoms with Gasteiger partial charge in [-0.15, -0.1) is 0 Å². The van der Waals surface area contributed by atoms with Crippen molar-refractivity contribution in [2.45, 2.75) is 19.3 Å². The first-order chi connectivity index (χ1) is 15.0. The molecule has 3 aromatic carbocycles. The number of halogens is 4. The quantitative estimate of drug-likeness (QED) is 0.442. The molecule has 0 aliphatic heterocycles. The highest BCUT2D eigenvalue weighted by molar-refractivity contribution is 5.97. The van der Waals surface area contributed by atoms with Gasteiger partial charge in [-0.1, -0.05) is 24.3 Å². The van der Waals surface area contributed by atoms with Crippen molar-refractivity contribution in [2.24, 2.45) is 11.8 Å². The van der Waals surface area contributed by atoms with Gasteiger partial charge in [-0.3, -0.25) is 4.79 Å². The summed E-state index contributed by atoms with van der Waals surface area (Å²) in [5.41, 5.74) is 7.78. The number of benzene rings is 3. The summed E-state index contributed by atoms with van der Waals surface area (Å²) < 4.78 is 26.8. The van der Waals surface area contributed by atoms with Crippen LogP contribution < -0.4 is 35.9 Å². The Morgan fingerprint density at radius 1 is 0.788 bits per heavy atom. The largest absolute Gasteiger partial charge is 1.00 e. The van der Waals surface area contributed by atoms with E-state index in [9.17, 15) is 13.6 Å². The van der Waals surface area contributed by atoms with Crippen molar-refractivity contribution in [1.82, 2.24) is 5.32 Å². The van der Waals surface area contributed by atoms with E-state index in [0.717, 1.165) is 41.6 Å². The standard InChI is InChI=1S/C26H26F2N2O.2ClH/c27-24-7-3-19(4-8-24)21-12-22(20-5-9-25(28)10-6-20)14-23(13-21)26(31)30-16-18-2-1-17(11-18)15-29;;/h3-10,12-14,17-18H,1-2,11,15-16,29H2,(H,30,31);2*1H/p-1/t17-,18-;;/m0../s1. The van der Waals surface area contributed by atoms with Crippen LogP contribution in [0.1, 0.15) is 29.6 Å². The van der Waals surface area contributed by atoms with E-state index >= 15 is 0 Å². The van der Waals surface area contributed by atoms with Crippen LogP contribution >= 0.6 is 0 Å². The lowest BCUT2D eigenvalue weighted by Crippen LogP contribution is -3.00. The Morgan fingerprint density at radius 2 is 1.27 bits per heavy atom. The molecule has 0 saturated heterocycles. The van der Waals surface area contributed by atoms with Crippen LogP contribution in [0.25, 0.3) is 22.3 Å². The predicted octanol–water partition coefficient (Wildman–Crippen LogP) is -1.31. The normalized spacial score (nSPS) is 17.1. The van der Waals surface area contributed by atoms with Gasteiger partial charge in [-0.05, 0) is 89.9 Å². The van der Waals surface area contributed by atoms with E-state index in [2.05, 4.69) is 11.1 Å².